The molecule has 0 spiro atoms. The second-order valence-corrected chi connectivity index (χ2v) is 5.47. The molecule has 0 radical (unpaired) electrons. The second kappa shape index (κ2) is 6.73. The smallest absolute Gasteiger partial charge is 0.117 e. The summed E-state index contributed by atoms with van der Waals surface area (Å²) in [6.07, 6.45) is 4.48. The van der Waals surface area contributed by atoms with E-state index in [1.54, 1.807) is 6.26 Å². The Bertz CT molecular complexity index is 489. The first-order chi connectivity index (χ1) is 9.90. The molecule has 0 atom stereocenters. The number of hydrogen-bond donors (Lipinski definition) is 1. The van der Waals surface area contributed by atoms with Crippen LogP contribution in [0, 0.1) is 5.92 Å². The molecule has 3 heteroatoms. The molecule has 20 heavy (non-hydrogen) atoms. The lowest BCUT2D eigenvalue weighted by molar-refractivity contribution is -0.0396. The largest absolute Gasteiger partial charge is 0.468 e. The van der Waals surface area contributed by atoms with E-state index in [2.05, 4.69) is 29.6 Å². The van der Waals surface area contributed by atoms with Crippen LogP contribution in [-0.2, 0) is 17.9 Å². The summed E-state index contributed by atoms with van der Waals surface area (Å²) in [5, 5.41) is 3.43. The van der Waals surface area contributed by atoms with Gasteiger partial charge in [-0.05, 0) is 43.0 Å². The standard InChI is InChI=1S/C17H21NO2/c1-2-5-14(6-3-1)13-20-17-9-15(10-17)11-18-12-16-7-4-8-19-16/h1-8,15,17-18H,9-13H2. The highest BCUT2D eigenvalue weighted by molar-refractivity contribution is 5.13. The Balaban J connectivity index is 1.27. The van der Waals surface area contributed by atoms with Crippen molar-refractivity contribution in [3.05, 3.63) is 60.1 Å². The monoisotopic (exact) mass is 271 g/mol. The average Bonchev–Trinajstić information content (AvgIpc) is 2.94. The van der Waals surface area contributed by atoms with E-state index >= 15 is 0 Å². The minimum Gasteiger partial charge on any atom is -0.468 e. The Labute approximate surface area is 119 Å². The molecule has 0 saturated heterocycles. The molecule has 0 bridgehead atoms. The molecular weight excluding hydrogens is 250 g/mol. The van der Waals surface area contributed by atoms with E-state index in [1.807, 2.05) is 18.2 Å². The van der Waals surface area contributed by atoms with Gasteiger partial charge in [-0.3, -0.25) is 0 Å². The van der Waals surface area contributed by atoms with Crippen LogP contribution in [0.1, 0.15) is 24.2 Å². The Hall–Kier alpha value is -1.58. The lowest BCUT2D eigenvalue weighted by Gasteiger charge is -2.35. The minimum atomic E-state index is 0.436. The van der Waals surface area contributed by atoms with Crippen LogP contribution in [-0.4, -0.2) is 12.6 Å². The molecule has 3 nitrogen and oxygen atoms in total. The van der Waals surface area contributed by atoms with E-state index in [1.165, 1.54) is 5.56 Å². The summed E-state index contributed by atoms with van der Waals surface area (Å²) in [6, 6.07) is 14.3. The van der Waals surface area contributed by atoms with Gasteiger partial charge in [-0.2, -0.15) is 0 Å². The van der Waals surface area contributed by atoms with Gasteiger partial charge in [-0.1, -0.05) is 30.3 Å². The molecule has 2 aromatic rings. The van der Waals surface area contributed by atoms with Gasteiger partial charge in [0.2, 0.25) is 0 Å². The van der Waals surface area contributed by atoms with Crippen molar-refractivity contribution in [1.29, 1.82) is 0 Å². The first-order valence-corrected chi connectivity index (χ1v) is 7.29. The summed E-state index contributed by atoms with van der Waals surface area (Å²) in [7, 11) is 0. The van der Waals surface area contributed by atoms with Crippen molar-refractivity contribution < 1.29 is 9.15 Å². The van der Waals surface area contributed by atoms with E-state index in [9.17, 15) is 0 Å². The SMILES string of the molecule is c1ccc(COC2CC(CNCc3ccco3)C2)cc1. The van der Waals surface area contributed by atoms with Gasteiger partial charge in [0.15, 0.2) is 0 Å². The molecule has 1 aromatic carbocycles. The maximum atomic E-state index is 5.90. The highest BCUT2D eigenvalue weighted by atomic mass is 16.5. The molecule has 0 unspecified atom stereocenters. The van der Waals surface area contributed by atoms with Crippen LogP contribution in [0.5, 0.6) is 0 Å². The molecule has 1 aromatic heterocycles. The molecule has 1 heterocycles. The summed E-state index contributed by atoms with van der Waals surface area (Å²) in [6.45, 7) is 2.60. The number of rotatable bonds is 7. The van der Waals surface area contributed by atoms with Gasteiger partial charge in [-0.25, -0.2) is 0 Å². The van der Waals surface area contributed by atoms with Crippen LogP contribution >= 0.6 is 0 Å². The number of nitrogens with one attached hydrogen (secondary N) is 1. The molecule has 1 fully saturated rings. The van der Waals surface area contributed by atoms with Crippen molar-refractivity contribution in [1.82, 2.24) is 5.32 Å². The van der Waals surface area contributed by atoms with E-state index in [-0.39, 0.29) is 0 Å². The van der Waals surface area contributed by atoms with Crippen LogP contribution < -0.4 is 5.32 Å². The van der Waals surface area contributed by atoms with Crippen molar-refractivity contribution in [2.24, 2.45) is 5.92 Å². The molecule has 0 aliphatic heterocycles. The Morgan fingerprint density at radius 3 is 2.70 bits per heavy atom. The summed E-state index contributed by atoms with van der Waals surface area (Å²) in [5.74, 6) is 1.74. The Morgan fingerprint density at radius 2 is 1.95 bits per heavy atom. The van der Waals surface area contributed by atoms with Gasteiger partial charge in [0.25, 0.3) is 0 Å². The quantitative estimate of drug-likeness (QED) is 0.838. The number of hydrogen-bond acceptors (Lipinski definition) is 3. The first-order valence-electron chi connectivity index (χ1n) is 7.29. The van der Waals surface area contributed by atoms with Crippen molar-refractivity contribution in [3.8, 4) is 0 Å². The third-order valence-electron chi connectivity index (χ3n) is 3.83. The maximum Gasteiger partial charge on any atom is 0.117 e. The predicted molar refractivity (Wildman–Crippen MR) is 78.2 cm³/mol. The van der Waals surface area contributed by atoms with Gasteiger partial charge >= 0.3 is 0 Å². The normalized spacial score (nSPS) is 21.6. The number of ether oxygens (including phenoxy) is 1. The van der Waals surface area contributed by atoms with Gasteiger partial charge in [0.1, 0.15) is 5.76 Å². The molecule has 1 saturated carbocycles. The topological polar surface area (TPSA) is 34.4 Å². The lowest BCUT2D eigenvalue weighted by Crippen LogP contribution is -2.37. The van der Waals surface area contributed by atoms with E-state index in [0.717, 1.165) is 44.2 Å². The van der Waals surface area contributed by atoms with E-state index in [0.29, 0.717) is 6.10 Å². The number of furan rings is 1. The van der Waals surface area contributed by atoms with Gasteiger partial charge in [0.05, 0.1) is 25.5 Å². The lowest BCUT2D eigenvalue weighted by atomic mass is 9.82. The van der Waals surface area contributed by atoms with Crippen molar-refractivity contribution in [2.75, 3.05) is 6.54 Å². The highest BCUT2D eigenvalue weighted by Gasteiger charge is 2.29. The molecular formula is C17H21NO2. The number of benzene rings is 1. The molecule has 1 aliphatic rings. The van der Waals surface area contributed by atoms with Crippen molar-refractivity contribution in [2.45, 2.75) is 32.1 Å². The zero-order valence-corrected chi connectivity index (χ0v) is 11.6. The zero-order chi connectivity index (χ0) is 13.6. The molecule has 1 aliphatic carbocycles. The zero-order valence-electron chi connectivity index (χ0n) is 11.6. The van der Waals surface area contributed by atoms with Crippen LogP contribution in [0.4, 0.5) is 0 Å². The fraction of sp³-hybridized carbons (Fsp3) is 0.412. The molecule has 3 rings (SSSR count). The third-order valence-corrected chi connectivity index (χ3v) is 3.83. The van der Waals surface area contributed by atoms with Crippen LogP contribution in [0.25, 0.3) is 0 Å². The van der Waals surface area contributed by atoms with Crippen molar-refractivity contribution in [3.63, 3.8) is 0 Å². The first kappa shape index (κ1) is 13.4. The fourth-order valence-electron chi connectivity index (χ4n) is 2.58. The highest BCUT2D eigenvalue weighted by Crippen LogP contribution is 2.30. The average molecular weight is 271 g/mol. The maximum absolute atomic E-state index is 5.90. The van der Waals surface area contributed by atoms with Crippen LogP contribution in [0.15, 0.2) is 53.1 Å². The molecule has 106 valence electrons. The summed E-state index contributed by atoms with van der Waals surface area (Å²) in [4.78, 5) is 0. The third kappa shape index (κ3) is 3.71. The summed E-state index contributed by atoms with van der Waals surface area (Å²) >= 11 is 0. The van der Waals surface area contributed by atoms with Gasteiger partial charge in [-0.15, -0.1) is 0 Å². The van der Waals surface area contributed by atoms with Gasteiger partial charge < -0.3 is 14.5 Å². The molecule has 0 amide bonds. The Kier molecular flexibility index (Phi) is 4.51. The second-order valence-electron chi connectivity index (χ2n) is 5.47. The predicted octanol–water partition coefficient (Wildman–Crippen LogP) is 3.36. The summed E-state index contributed by atoms with van der Waals surface area (Å²) in [5.41, 5.74) is 1.26. The van der Waals surface area contributed by atoms with Crippen LogP contribution in [0.3, 0.4) is 0 Å². The fourth-order valence-corrected chi connectivity index (χ4v) is 2.58. The van der Waals surface area contributed by atoms with Crippen LogP contribution in [0.2, 0.25) is 0 Å². The van der Waals surface area contributed by atoms with E-state index < -0.39 is 0 Å². The molecule has 1 N–H and O–H groups in total. The Morgan fingerprint density at radius 1 is 1.10 bits per heavy atom. The van der Waals surface area contributed by atoms with Crippen molar-refractivity contribution >= 4 is 0 Å². The minimum absolute atomic E-state index is 0.436. The summed E-state index contributed by atoms with van der Waals surface area (Å²) < 4.78 is 11.2. The van der Waals surface area contributed by atoms with E-state index in [4.69, 9.17) is 9.15 Å². The van der Waals surface area contributed by atoms with Gasteiger partial charge in [0, 0.05) is 0 Å².